The van der Waals surface area contributed by atoms with Crippen LogP contribution in [0.15, 0.2) is 89.0 Å². The molecule has 0 spiro atoms. The Morgan fingerprint density at radius 3 is 2.15 bits per heavy atom. The molecule has 3 aromatic carbocycles. The topological polar surface area (TPSA) is 118 Å². The summed E-state index contributed by atoms with van der Waals surface area (Å²) in [6.07, 6.45) is -8.94. The van der Waals surface area contributed by atoms with Gasteiger partial charge >= 0.3 is 12.5 Å². The highest BCUT2D eigenvalue weighted by Crippen LogP contribution is 2.42. The molecule has 0 radical (unpaired) electrons. The van der Waals surface area contributed by atoms with Gasteiger partial charge in [0.05, 0.1) is 11.4 Å². The minimum atomic E-state index is -5.04. The molecule has 1 aromatic heterocycles. The van der Waals surface area contributed by atoms with Crippen molar-refractivity contribution in [2.75, 3.05) is 4.31 Å². The number of rotatable bonds is 7. The molecule has 8 nitrogen and oxygen atoms in total. The number of alkyl halides is 6. The molecule has 0 aliphatic rings. The Bertz CT molecular complexity index is 1660. The Labute approximate surface area is 223 Å². The van der Waals surface area contributed by atoms with Crippen LogP contribution in [0.3, 0.4) is 0 Å². The molecule has 15 heteroatoms. The normalized spacial score (nSPS) is 12.9. The number of hydrogen-bond acceptors (Lipinski definition) is 6. The van der Waals surface area contributed by atoms with Crippen molar-refractivity contribution in [1.82, 2.24) is 4.98 Å². The third-order valence-electron chi connectivity index (χ3n) is 5.63. The average Bonchev–Trinajstić information content (AvgIpc) is 2.90. The van der Waals surface area contributed by atoms with E-state index in [0.717, 1.165) is 42.6 Å². The SMILES string of the molecule is NC(=NO)c1ccc(S(=O)(=O)N(Cc2ccc(OC(F)(F)F)cc2)c2ncc3ccccc3c2C(F)(F)F)cc1. The van der Waals surface area contributed by atoms with E-state index in [-0.39, 0.29) is 27.7 Å². The standard InChI is InChI=1S/C25H18F6N4O4S/c26-24(27,28)21-20-4-2-1-3-17(20)13-33-23(21)35(14-15-5-9-18(10-6-15)39-25(29,30)31)40(37,38)19-11-7-16(8-12-19)22(32)34-36/h1-13,36H,14H2,(H2,32,34). The van der Waals surface area contributed by atoms with E-state index < -0.39 is 51.1 Å². The molecule has 1 heterocycles. The van der Waals surface area contributed by atoms with Crippen LogP contribution in [0, 0.1) is 0 Å². The van der Waals surface area contributed by atoms with Crippen LogP contribution in [0.25, 0.3) is 10.8 Å². The summed E-state index contributed by atoms with van der Waals surface area (Å²) in [4.78, 5) is 3.41. The fraction of sp³-hybridized carbons (Fsp3) is 0.120. The van der Waals surface area contributed by atoms with Crippen LogP contribution in [-0.2, 0) is 22.7 Å². The number of ether oxygens (including phenoxy) is 1. The molecule has 3 N–H and O–H groups in total. The lowest BCUT2D eigenvalue weighted by atomic mass is 10.1. The summed E-state index contributed by atoms with van der Waals surface area (Å²) in [5, 5.41) is 11.4. The summed E-state index contributed by atoms with van der Waals surface area (Å²) in [5.74, 6) is -1.89. The predicted octanol–water partition coefficient (Wildman–Crippen LogP) is 5.64. The van der Waals surface area contributed by atoms with E-state index in [9.17, 15) is 34.8 Å². The number of amidine groups is 1. The number of hydrogen-bond donors (Lipinski definition) is 2. The Morgan fingerprint density at radius 2 is 1.57 bits per heavy atom. The van der Waals surface area contributed by atoms with E-state index in [1.165, 1.54) is 36.4 Å². The van der Waals surface area contributed by atoms with Crippen LogP contribution in [-0.4, -0.2) is 30.8 Å². The molecule has 0 unspecified atom stereocenters. The Kier molecular flexibility index (Phi) is 7.52. The zero-order chi connectivity index (χ0) is 29.3. The summed E-state index contributed by atoms with van der Waals surface area (Å²) >= 11 is 0. The summed E-state index contributed by atoms with van der Waals surface area (Å²) in [6.45, 7) is -0.731. The van der Waals surface area contributed by atoms with Gasteiger partial charge in [0.1, 0.15) is 11.3 Å². The zero-order valence-corrected chi connectivity index (χ0v) is 20.8. The van der Waals surface area contributed by atoms with Gasteiger partial charge in [-0.2, -0.15) is 13.2 Å². The maximum atomic E-state index is 14.4. The maximum Gasteiger partial charge on any atom is 0.573 e. The number of sulfonamides is 1. The van der Waals surface area contributed by atoms with Crippen molar-refractivity contribution in [2.24, 2.45) is 10.9 Å². The lowest BCUT2D eigenvalue weighted by Gasteiger charge is -2.27. The van der Waals surface area contributed by atoms with E-state index in [1.807, 2.05) is 0 Å². The van der Waals surface area contributed by atoms with Crippen LogP contribution in [0.4, 0.5) is 32.2 Å². The second-order valence-electron chi connectivity index (χ2n) is 8.25. The summed E-state index contributed by atoms with van der Waals surface area (Å²) in [5.41, 5.74) is 4.35. The predicted molar refractivity (Wildman–Crippen MR) is 132 cm³/mol. The van der Waals surface area contributed by atoms with E-state index in [2.05, 4.69) is 14.9 Å². The number of anilines is 1. The smallest absolute Gasteiger partial charge is 0.409 e. The van der Waals surface area contributed by atoms with E-state index in [4.69, 9.17) is 10.9 Å². The maximum absolute atomic E-state index is 14.4. The van der Waals surface area contributed by atoms with Crippen LogP contribution in [0.2, 0.25) is 0 Å². The Balaban J connectivity index is 1.89. The Morgan fingerprint density at radius 1 is 0.950 bits per heavy atom. The van der Waals surface area contributed by atoms with Gasteiger partial charge in [-0.05, 0) is 47.3 Å². The quantitative estimate of drug-likeness (QED) is 0.0955. The fourth-order valence-corrected chi connectivity index (χ4v) is 5.26. The number of aromatic nitrogens is 1. The molecule has 4 aromatic rings. The minimum Gasteiger partial charge on any atom is -0.409 e. The molecule has 0 fully saturated rings. The number of nitrogens with zero attached hydrogens (tertiary/aromatic N) is 3. The number of oxime groups is 1. The van der Waals surface area contributed by atoms with Gasteiger partial charge in [-0.25, -0.2) is 17.7 Å². The van der Waals surface area contributed by atoms with Crippen molar-refractivity contribution in [3.63, 3.8) is 0 Å². The average molecular weight is 584 g/mol. The van der Waals surface area contributed by atoms with Crippen LogP contribution >= 0.6 is 0 Å². The van der Waals surface area contributed by atoms with Gasteiger partial charge in [0.2, 0.25) is 0 Å². The molecule has 210 valence electrons. The van der Waals surface area contributed by atoms with Gasteiger partial charge in [0.25, 0.3) is 10.0 Å². The molecule has 4 rings (SSSR count). The highest BCUT2D eigenvalue weighted by atomic mass is 32.2. The van der Waals surface area contributed by atoms with Gasteiger partial charge in [-0.3, -0.25) is 0 Å². The van der Waals surface area contributed by atoms with Gasteiger partial charge in [-0.1, -0.05) is 41.6 Å². The lowest BCUT2D eigenvalue weighted by Crippen LogP contribution is -2.33. The van der Waals surface area contributed by atoms with Crippen LogP contribution in [0.1, 0.15) is 16.7 Å². The van der Waals surface area contributed by atoms with Crippen LogP contribution in [0.5, 0.6) is 5.75 Å². The monoisotopic (exact) mass is 584 g/mol. The fourth-order valence-electron chi connectivity index (χ4n) is 3.84. The lowest BCUT2D eigenvalue weighted by molar-refractivity contribution is -0.274. The summed E-state index contributed by atoms with van der Waals surface area (Å²) in [6, 6.07) is 13.8. The minimum absolute atomic E-state index is 0.0365. The molecule has 0 aliphatic heterocycles. The molecule has 0 saturated heterocycles. The summed E-state index contributed by atoms with van der Waals surface area (Å²) in [7, 11) is -4.78. The molecule has 0 bridgehead atoms. The first kappa shape index (κ1) is 28.5. The van der Waals surface area contributed by atoms with Gasteiger partial charge < -0.3 is 15.7 Å². The van der Waals surface area contributed by atoms with E-state index in [0.29, 0.717) is 4.31 Å². The number of nitrogens with two attached hydrogens (primary N) is 1. The first-order valence-electron chi connectivity index (χ1n) is 11.1. The van der Waals surface area contributed by atoms with Crippen molar-refractivity contribution in [3.8, 4) is 5.75 Å². The van der Waals surface area contributed by atoms with Crippen molar-refractivity contribution in [1.29, 1.82) is 0 Å². The third kappa shape index (κ3) is 6.03. The molecule has 0 amide bonds. The Hall–Kier alpha value is -4.53. The molecular formula is C25H18F6N4O4S. The van der Waals surface area contributed by atoms with Crippen LogP contribution < -0.4 is 14.8 Å². The third-order valence-corrected chi connectivity index (χ3v) is 7.38. The first-order chi connectivity index (χ1) is 18.7. The van der Waals surface area contributed by atoms with Crippen molar-refractivity contribution in [2.45, 2.75) is 24.0 Å². The van der Waals surface area contributed by atoms with Gasteiger partial charge in [0.15, 0.2) is 11.7 Å². The second kappa shape index (κ2) is 10.6. The van der Waals surface area contributed by atoms with Gasteiger partial charge in [-0.15, -0.1) is 13.2 Å². The number of benzene rings is 3. The van der Waals surface area contributed by atoms with Crippen molar-refractivity contribution < 1.29 is 44.7 Å². The zero-order valence-electron chi connectivity index (χ0n) is 20.0. The second-order valence-corrected chi connectivity index (χ2v) is 10.1. The number of halogens is 6. The molecular weight excluding hydrogens is 566 g/mol. The molecule has 40 heavy (non-hydrogen) atoms. The van der Waals surface area contributed by atoms with E-state index >= 15 is 0 Å². The van der Waals surface area contributed by atoms with Crippen molar-refractivity contribution >= 4 is 32.4 Å². The van der Waals surface area contributed by atoms with E-state index in [1.54, 1.807) is 0 Å². The number of fused-ring (bicyclic) bond motifs is 1. The highest BCUT2D eigenvalue weighted by Gasteiger charge is 2.41. The molecule has 0 aliphatic carbocycles. The molecule has 0 saturated carbocycles. The van der Waals surface area contributed by atoms with Crippen molar-refractivity contribution in [3.05, 3.63) is 95.7 Å². The number of pyridine rings is 1. The first-order valence-corrected chi connectivity index (χ1v) is 12.5. The summed E-state index contributed by atoms with van der Waals surface area (Å²) < 4.78 is 113. The highest BCUT2D eigenvalue weighted by molar-refractivity contribution is 7.92. The largest absolute Gasteiger partial charge is 0.573 e. The molecule has 0 atom stereocenters. The van der Waals surface area contributed by atoms with Gasteiger partial charge in [0, 0.05) is 17.1 Å².